The Bertz CT molecular complexity index is 1280. The van der Waals surface area contributed by atoms with Gasteiger partial charge in [-0.25, -0.2) is 4.68 Å². The van der Waals surface area contributed by atoms with Gasteiger partial charge < -0.3 is 14.5 Å². The van der Waals surface area contributed by atoms with Crippen LogP contribution in [0.5, 0.6) is 0 Å². The summed E-state index contributed by atoms with van der Waals surface area (Å²) in [5, 5.41) is 14.0. The van der Waals surface area contributed by atoms with E-state index < -0.39 is 0 Å². The van der Waals surface area contributed by atoms with Crippen LogP contribution in [0.3, 0.4) is 0 Å². The zero-order chi connectivity index (χ0) is 27.2. The van der Waals surface area contributed by atoms with Crippen LogP contribution in [0, 0.1) is 13.8 Å². The third kappa shape index (κ3) is 6.92. The molecule has 2 aliphatic rings. The average Bonchev–Trinajstić information content (AvgIpc) is 3.61. The van der Waals surface area contributed by atoms with Gasteiger partial charge in [-0.3, -0.25) is 14.6 Å². The van der Waals surface area contributed by atoms with Gasteiger partial charge in [-0.15, -0.1) is 5.10 Å². The third-order valence-electron chi connectivity index (χ3n) is 8.03. The molecule has 0 amide bonds. The Kier molecular flexibility index (Phi) is 9.39. The average molecular weight is 538 g/mol. The van der Waals surface area contributed by atoms with Crippen LogP contribution in [0.4, 0.5) is 0 Å². The highest BCUT2D eigenvalue weighted by Crippen LogP contribution is 2.28. The zero-order valence-corrected chi connectivity index (χ0v) is 23.7. The van der Waals surface area contributed by atoms with E-state index in [-0.39, 0.29) is 17.7 Å². The molecule has 0 unspecified atom stereocenters. The molecule has 1 aromatic carbocycles. The number of aromatic nitrogens is 5. The van der Waals surface area contributed by atoms with E-state index in [1.54, 1.807) is 0 Å². The molecule has 0 bridgehead atoms. The van der Waals surface area contributed by atoms with Crippen molar-refractivity contribution >= 4 is 10.9 Å². The number of hydrogen-bond acceptors (Lipinski definition) is 8. The van der Waals surface area contributed by atoms with Gasteiger partial charge in [0.05, 0.1) is 37.4 Å². The van der Waals surface area contributed by atoms with Crippen molar-refractivity contribution in [3.63, 3.8) is 0 Å². The Labute approximate surface area is 230 Å². The Hall–Kier alpha value is -2.66. The van der Waals surface area contributed by atoms with Crippen molar-refractivity contribution in [1.82, 2.24) is 35.0 Å². The van der Waals surface area contributed by atoms with Crippen molar-refractivity contribution in [3.05, 3.63) is 51.1 Å². The maximum absolute atomic E-state index is 13.3. The normalized spacial score (nSPS) is 19.3. The number of pyridine rings is 1. The molecule has 0 saturated carbocycles. The summed E-state index contributed by atoms with van der Waals surface area (Å²) < 4.78 is 13.4. The van der Waals surface area contributed by atoms with E-state index in [1.165, 1.54) is 5.56 Å². The van der Waals surface area contributed by atoms with E-state index in [4.69, 9.17) is 9.47 Å². The van der Waals surface area contributed by atoms with E-state index in [1.807, 2.05) is 11.6 Å². The van der Waals surface area contributed by atoms with Crippen molar-refractivity contribution in [1.29, 1.82) is 0 Å². The molecule has 1 N–H and O–H groups in total. The van der Waals surface area contributed by atoms with E-state index in [0.29, 0.717) is 13.1 Å². The summed E-state index contributed by atoms with van der Waals surface area (Å²) in [4.78, 5) is 21.4. The summed E-state index contributed by atoms with van der Waals surface area (Å²) in [5.41, 5.74) is 3.95. The Morgan fingerprint density at radius 1 is 1.18 bits per heavy atom. The number of hydrogen-bond donors (Lipinski definition) is 1. The molecule has 39 heavy (non-hydrogen) atoms. The lowest BCUT2D eigenvalue weighted by Gasteiger charge is -2.32. The van der Waals surface area contributed by atoms with Crippen LogP contribution in [0.25, 0.3) is 10.9 Å². The number of aromatic amines is 1. The number of nitrogens with zero attached hydrogens (tertiary/aromatic N) is 6. The van der Waals surface area contributed by atoms with Gasteiger partial charge in [-0.2, -0.15) is 0 Å². The Morgan fingerprint density at radius 2 is 2.03 bits per heavy atom. The summed E-state index contributed by atoms with van der Waals surface area (Å²) in [6.07, 6.45) is 5.16. The van der Waals surface area contributed by atoms with Crippen LogP contribution >= 0.6 is 0 Å². The number of tetrazole rings is 1. The second-order valence-electron chi connectivity index (χ2n) is 11.1. The van der Waals surface area contributed by atoms with Gasteiger partial charge in [0.2, 0.25) is 0 Å². The standard InChI is InChI=1S/C29H43N7O3/c1-4-7-26(28-31-32-33-36(28)20-25-8-5-13-39-25)35(10-6-9-34-11-14-38-15-12-34)19-24-18-23-17-21(2)16-22(3)27(23)30-29(24)37/h16-18,25-26H,4-15,19-20H2,1-3H3,(H,30,37)/t25-,26-/m0/s1. The van der Waals surface area contributed by atoms with Gasteiger partial charge in [-0.05, 0) is 79.6 Å². The first-order valence-corrected chi connectivity index (χ1v) is 14.6. The Morgan fingerprint density at radius 3 is 2.79 bits per heavy atom. The van der Waals surface area contributed by atoms with Gasteiger partial charge in [0, 0.05) is 38.3 Å². The van der Waals surface area contributed by atoms with E-state index in [0.717, 1.165) is 106 Å². The molecule has 212 valence electrons. The van der Waals surface area contributed by atoms with Gasteiger partial charge in [0.15, 0.2) is 5.82 Å². The quantitative estimate of drug-likeness (QED) is 0.375. The number of nitrogens with one attached hydrogen (secondary N) is 1. The minimum Gasteiger partial charge on any atom is -0.379 e. The Balaban J connectivity index is 1.43. The number of aryl methyl sites for hydroxylation is 2. The fraction of sp³-hybridized carbons (Fsp3) is 0.655. The molecule has 3 aromatic rings. The maximum Gasteiger partial charge on any atom is 0.252 e. The minimum absolute atomic E-state index is 0.00503. The smallest absolute Gasteiger partial charge is 0.252 e. The van der Waals surface area contributed by atoms with Crippen molar-refractivity contribution in [2.75, 3.05) is 46.0 Å². The minimum atomic E-state index is -0.0261. The lowest BCUT2D eigenvalue weighted by molar-refractivity contribution is 0.0347. The van der Waals surface area contributed by atoms with Crippen LogP contribution < -0.4 is 5.56 Å². The van der Waals surface area contributed by atoms with Gasteiger partial charge >= 0.3 is 0 Å². The van der Waals surface area contributed by atoms with Crippen molar-refractivity contribution in [3.8, 4) is 0 Å². The second-order valence-corrected chi connectivity index (χ2v) is 11.1. The number of ether oxygens (including phenoxy) is 2. The predicted molar refractivity (Wildman–Crippen MR) is 151 cm³/mol. The van der Waals surface area contributed by atoms with Crippen LogP contribution in [0.15, 0.2) is 23.0 Å². The molecule has 0 spiro atoms. The van der Waals surface area contributed by atoms with E-state index in [9.17, 15) is 4.79 Å². The highest BCUT2D eigenvalue weighted by atomic mass is 16.5. The molecule has 2 aliphatic heterocycles. The lowest BCUT2D eigenvalue weighted by atomic mass is 10.0. The molecule has 10 heteroatoms. The molecule has 2 aromatic heterocycles. The molecule has 4 heterocycles. The molecule has 2 atom stereocenters. The summed E-state index contributed by atoms with van der Waals surface area (Å²) in [6.45, 7) is 13.7. The molecular weight excluding hydrogens is 494 g/mol. The number of morpholine rings is 1. The van der Waals surface area contributed by atoms with Crippen LogP contribution in [0.1, 0.15) is 67.6 Å². The van der Waals surface area contributed by atoms with Crippen LogP contribution in [-0.4, -0.2) is 87.1 Å². The van der Waals surface area contributed by atoms with Crippen molar-refractivity contribution < 1.29 is 9.47 Å². The fourth-order valence-corrected chi connectivity index (χ4v) is 6.05. The van der Waals surface area contributed by atoms with E-state index in [2.05, 4.69) is 62.4 Å². The second kappa shape index (κ2) is 13.1. The highest BCUT2D eigenvalue weighted by molar-refractivity contribution is 5.82. The van der Waals surface area contributed by atoms with Crippen molar-refractivity contribution in [2.45, 2.75) is 78.1 Å². The summed E-state index contributed by atoms with van der Waals surface area (Å²) in [6, 6.07) is 6.34. The third-order valence-corrected chi connectivity index (χ3v) is 8.03. The zero-order valence-electron chi connectivity index (χ0n) is 23.7. The number of H-pyrrole nitrogens is 1. The topological polar surface area (TPSA) is 101 Å². The molecular formula is C29H43N7O3. The van der Waals surface area contributed by atoms with Gasteiger partial charge in [0.1, 0.15) is 0 Å². The predicted octanol–water partition coefficient (Wildman–Crippen LogP) is 3.38. The molecule has 2 fully saturated rings. The molecule has 10 nitrogen and oxygen atoms in total. The fourth-order valence-electron chi connectivity index (χ4n) is 6.05. The van der Waals surface area contributed by atoms with Crippen LogP contribution in [0.2, 0.25) is 0 Å². The number of benzene rings is 1. The first-order chi connectivity index (χ1) is 19.0. The van der Waals surface area contributed by atoms with Crippen molar-refractivity contribution in [2.24, 2.45) is 0 Å². The number of fused-ring (bicyclic) bond motifs is 1. The lowest BCUT2D eigenvalue weighted by Crippen LogP contribution is -2.39. The first-order valence-electron chi connectivity index (χ1n) is 14.6. The highest BCUT2D eigenvalue weighted by Gasteiger charge is 2.28. The molecule has 2 saturated heterocycles. The summed E-state index contributed by atoms with van der Waals surface area (Å²) >= 11 is 0. The molecule has 0 aliphatic carbocycles. The van der Waals surface area contributed by atoms with Crippen LogP contribution in [-0.2, 0) is 22.6 Å². The largest absolute Gasteiger partial charge is 0.379 e. The van der Waals surface area contributed by atoms with E-state index >= 15 is 0 Å². The monoisotopic (exact) mass is 537 g/mol. The summed E-state index contributed by atoms with van der Waals surface area (Å²) in [7, 11) is 0. The SMILES string of the molecule is CCC[C@@H](c1nnnn1C[C@@H]1CCCO1)N(CCCN1CCOCC1)Cc1cc2cc(C)cc(C)c2[nH]c1=O. The first kappa shape index (κ1) is 27.9. The molecule has 5 rings (SSSR count). The van der Waals surface area contributed by atoms with Gasteiger partial charge in [0.25, 0.3) is 5.56 Å². The van der Waals surface area contributed by atoms with Gasteiger partial charge in [-0.1, -0.05) is 25.0 Å². The molecule has 0 radical (unpaired) electrons. The number of rotatable bonds is 12. The maximum atomic E-state index is 13.3. The summed E-state index contributed by atoms with van der Waals surface area (Å²) in [5.74, 6) is 0.864.